The van der Waals surface area contributed by atoms with Crippen LogP contribution < -0.4 is 0 Å². The molecule has 7 nitrogen and oxygen atoms in total. The number of halogens is 1. The molecule has 33 heavy (non-hydrogen) atoms. The molecular weight excluding hydrogens is 421 g/mol. The quantitative estimate of drug-likeness (QED) is 0.603. The zero-order chi connectivity index (χ0) is 22.8. The van der Waals surface area contributed by atoms with Crippen LogP contribution in [0.5, 0.6) is 0 Å². The third-order valence-electron chi connectivity index (χ3n) is 6.28. The van der Waals surface area contributed by atoms with Crippen LogP contribution >= 0.6 is 0 Å². The SMILES string of the molecule is O=C(c1cc2n(n1)CCN(Cc1ccc(F)cc1)C2=O)N1CCN(Cc2ccccc2)CC1. The average molecular weight is 448 g/mol. The number of benzene rings is 2. The molecule has 1 saturated heterocycles. The lowest BCUT2D eigenvalue weighted by atomic mass is 10.1. The molecule has 0 unspecified atom stereocenters. The minimum Gasteiger partial charge on any atom is -0.335 e. The molecule has 5 rings (SSSR count). The number of carbonyl (C=O) groups excluding carboxylic acids is 2. The first-order chi connectivity index (χ1) is 16.1. The summed E-state index contributed by atoms with van der Waals surface area (Å²) in [6, 6.07) is 18.1. The van der Waals surface area contributed by atoms with Gasteiger partial charge < -0.3 is 9.80 Å². The van der Waals surface area contributed by atoms with E-state index in [0.717, 1.165) is 25.2 Å². The minimum absolute atomic E-state index is 0.130. The lowest BCUT2D eigenvalue weighted by Gasteiger charge is -2.34. The summed E-state index contributed by atoms with van der Waals surface area (Å²) in [5, 5.41) is 4.43. The first-order valence-electron chi connectivity index (χ1n) is 11.2. The highest BCUT2D eigenvalue weighted by Gasteiger charge is 2.30. The maximum Gasteiger partial charge on any atom is 0.274 e. The summed E-state index contributed by atoms with van der Waals surface area (Å²) in [5.74, 6) is -0.593. The molecule has 2 aromatic carbocycles. The number of nitrogens with zero attached hydrogens (tertiary/aromatic N) is 5. The molecule has 8 heteroatoms. The summed E-state index contributed by atoms with van der Waals surface area (Å²) in [7, 11) is 0. The van der Waals surface area contributed by atoms with Crippen LogP contribution in [0.25, 0.3) is 0 Å². The Labute approximate surface area is 192 Å². The fraction of sp³-hybridized carbons (Fsp3) is 0.320. The lowest BCUT2D eigenvalue weighted by molar-refractivity contribution is 0.0619. The predicted molar refractivity (Wildman–Crippen MR) is 121 cm³/mol. The first-order valence-corrected chi connectivity index (χ1v) is 11.2. The van der Waals surface area contributed by atoms with Crippen LogP contribution in [0.4, 0.5) is 4.39 Å². The number of piperazine rings is 1. The highest BCUT2D eigenvalue weighted by Crippen LogP contribution is 2.18. The summed E-state index contributed by atoms with van der Waals surface area (Å²) < 4.78 is 14.8. The molecule has 170 valence electrons. The van der Waals surface area contributed by atoms with Crippen molar-refractivity contribution in [2.24, 2.45) is 0 Å². The largest absolute Gasteiger partial charge is 0.335 e. The van der Waals surface area contributed by atoms with Crippen molar-refractivity contribution in [1.29, 1.82) is 0 Å². The van der Waals surface area contributed by atoms with E-state index in [0.29, 0.717) is 44.1 Å². The Bertz CT molecular complexity index is 1140. The Balaban J connectivity index is 1.21. The van der Waals surface area contributed by atoms with E-state index in [9.17, 15) is 14.0 Å². The molecule has 3 aromatic rings. The van der Waals surface area contributed by atoms with Gasteiger partial charge in [0, 0.05) is 51.9 Å². The zero-order valence-corrected chi connectivity index (χ0v) is 18.4. The molecule has 2 amide bonds. The standard InChI is InChI=1S/C25H26FN5O2/c26-21-8-6-20(7-9-21)18-30-14-15-31-23(25(30)33)16-22(27-31)24(32)29-12-10-28(11-13-29)17-19-4-2-1-3-5-19/h1-9,16H,10-15,17-18H2. The van der Waals surface area contributed by atoms with Gasteiger partial charge in [-0.15, -0.1) is 0 Å². The summed E-state index contributed by atoms with van der Waals surface area (Å²) in [5.41, 5.74) is 2.87. The molecule has 2 aliphatic heterocycles. The Morgan fingerprint density at radius 3 is 2.27 bits per heavy atom. The minimum atomic E-state index is -0.300. The number of rotatable bonds is 5. The molecule has 0 radical (unpaired) electrons. The molecule has 0 spiro atoms. The highest BCUT2D eigenvalue weighted by molar-refractivity contribution is 5.98. The lowest BCUT2D eigenvalue weighted by Crippen LogP contribution is -2.48. The van der Waals surface area contributed by atoms with Crippen molar-refractivity contribution in [1.82, 2.24) is 24.5 Å². The fourth-order valence-electron chi connectivity index (χ4n) is 4.42. The van der Waals surface area contributed by atoms with Crippen LogP contribution in [-0.4, -0.2) is 69.0 Å². The van der Waals surface area contributed by atoms with E-state index >= 15 is 0 Å². The molecule has 0 bridgehead atoms. The normalized spacial score (nSPS) is 16.7. The second kappa shape index (κ2) is 9.15. The van der Waals surface area contributed by atoms with Crippen LogP contribution in [0.15, 0.2) is 60.7 Å². The van der Waals surface area contributed by atoms with Crippen molar-refractivity contribution in [3.8, 4) is 0 Å². The van der Waals surface area contributed by atoms with E-state index in [1.54, 1.807) is 27.8 Å². The van der Waals surface area contributed by atoms with Gasteiger partial charge in [-0.3, -0.25) is 19.2 Å². The number of fused-ring (bicyclic) bond motifs is 1. The molecule has 1 fully saturated rings. The number of hydrogen-bond donors (Lipinski definition) is 0. The van der Waals surface area contributed by atoms with Crippen molar-refractivity contribution in [3.63, 3.8) is 0 Å². The zero-order valence-electron chi connectivity index (χ0n) is 18.4. The number of aromatic nitrogens is 2. The highest BCUT2D eigenvalue weighted by atomic mass is 19.1. The smallest absolute Gasteiger partial charge is 0.274 e. The Morgan fingerprint density at radius 2 is 1.55 bits per heavy atom. The third-order valence-corrected chi connectivity index (χ3v) is 6.28. The van der Waals surface area contributed by atoms with Crippen molar-refractivity contribution >= 4 is 11.8 Å². The Morgan fingerprint density at radius 1 is 0.848 bits per heavy atom. The van der Waals surface area contributed by atoms with Crippen LogP contribution in [-0.2, 0) is 19.6 Å². The van der Waals surface area contributed by atoms with Crippen LogP contribution in [0.3, 0.4) is 0 Å². The Kier molecular flexibility index (Phi) is 5.92. The average Bonchev–Trinajstić information content (AvgIpc) is 3.28. The number of carbonyl (C=O) groups is 2. The molecule has 2 aliphatic rings. The van der Waals surface area contributed by atoms with E-state index in [-0.39, 0.29) is 17.6 Å². The molecule has 0 aliphatic carbocycles. The number of amides is 2. The molecule has 1 aromatic heterocycles. The topological polar surface area (TPSA) is 61.7 Å². The summed E-state index contributed by atoms with van der Waals surface area (Å²) in [4.78, 5) is 31.9. The third kappa shape index (κ3) is 4.66. The van der Waals surface area contributed by atoms with Crippen molar-refractivity contribution in [2.75, 3.05) is 32.7 Å². The van der Waals surface area contributed by atoms with Gasteiger partial charge in [0.2, 0.25) is 0 Å². The van der Waals surface area contributed by atoms with Crippen LogP contribution in [0.2, 0.25) is 0 Å². The van der Waals surface area contributed by atoms with Gasteiger partial charge in [0.25, 0.3) is 11.8 Å². The van der Waals surface area contributed by atoms with E-state index in [4.69, 9.17) is 0 Å². The maximum absolute atomic E-state index is 13.2. The second-order valence-electron chi connectivity index (χ2n) is 8.55. The Hall–Kier alpha value is -3.52. The second-order valence-corrected chi connectivity index (χ2v) is 8.55. The van der Waals surface area contributed by atoms with Gasteiger partial charge in [0.15, 0.2) is 5.69 Å². The number of hydrogen-bond acceptors (Lipinski definition) is 4. The van der Waals surface area contributed by atoms with E-state index in [1.165, 1.54) is 17.7 Å². The van der Waals surface area contributed by atoms with Crippen molar-refractivity contribution < 1.29 is 14.0 Å². The van der Waals surface area contributed by atoms with Crippen LogP contribution in [0.1, 0.15) is 32.1 Å². The molecule has 3 heterocycles. The summed E-state index contributed by atoms with van der Waals surface area (Å²) in [6.07, 6.45) is 0. The van der Waals surface area contributed by atoms with E-state index in [1.807, 2.05) is 23.1 Å². The van der Waals surface area contributed by atoms with Gasteiger partial charge in [-0.1, -0.05) is 42.5 Å². The molecule has 0 N–H and O–H groups in total. The van der Waals surface area contributed by atoms with Gasteiger partial charge in [-0.05, 0) is 23.3 Å². The van der Waals surface area contributed by atoms with Crippen LogP contribution in [0, 0.1) is 5.82 Å². The van der Waals surface area contributed by atoms with Gasteiger partial charge in [0.1, 0.15) is 11.5 Å². The van der Waals surface area contributed by atoms with Gasteiger partial charge in [0.05, 0.1) is 6.54 Å². The van der Waals surface area contributed by atoms with Crippen molar-refractivity contribution in [3.05, 3.63) is 89.0 Å². The fourth-order valence-corrected chi connectivity index (χ4v) is 4.42. The summed E-state index contributed by atoms with van der Waals surface area (Å²) in [6.45, 7) is 5.18. The van der Waals surface area contributed by atoms with E-state index < -0.39 is 0 Å². The maximum atomic E-state index is 13.2. The summed E-state index contributed by atoms with van der Waals surface area (Å²) >= 11 is 0. The monoisotopic (exact) mass is 447 g/mol. The molecule has 0 atom stereocenters. The predicted octanol–water partition coefficient (Wildman–Crippen LogP) is 2.64. The molecular formula is C25H26FN5O2. The molecule has 0 saturated carbocycles. The van der Waals surface area contributed by atoms with E-state index in [2.05, 4.69) is 22.1 Å². The van der Waals surface area contributed by atoms with Gasteiger partial charge >= 0.3 is 0 Å². The first kappa shape index (κ1) is 21.3. The van der Waals surface area contributed by atoms with Gasteiger partial charge in [-0.25, -0.2) is 4.39 Å². The van der Waals surface area contributed by atoms with Crippen molar-refractivity contribution in [2.45, 2.75) is 19.6 Å². The van der Waals surface area contributed by atoms with Gasteiger partial charge in [-0.2, -0.15) is 5.10 Å².